The number of benzene rings is 2. The number of ether oxygens (including phenoxy) is 1. The third-order valence-electron chi connectivity index (χ3n) is 6.21. The maximum Gasteiger partial charge on any atom is 0.339 e. The summed E-state index contributed by atoms with van der Waals surface area (Å²) in [7, 11) is -8.50. The van der Waals surface area contributed by atoms with E-state index >= 15 is 0 Å². The number of imidazole rings is 1. The second kappa shape index (κ2) is 12.0. The summed E-state index contributed by atoms with van der Waals surface area (Å²) < 4.78 is 39.6. The fourth-order valence-corrected chi connectivity index (χ4v) is 8.04. The quantitative estimate of drug-likeness (QED) is 0.0953. The number of hydrogen-bond donors (Lipinski definition) is 4. The Balaban J connectivity index is 1.24. The number of hydrogen-bond acceptors (Lipinski definition) is 7. The first-order valence-corrected chi connectivity index (χ1v) is 16.1. The van der Waals surface area contributed by atoms with E-state index in [1.54, 1.807) is 15.5 Å². The Morgan fingerprint density at radius 2 is 1.63 bits per heavy atom. The van der Waals surface area contributed by atoms with Crippen molar-refractivity contribution in [3.05, 3.63) is 101 Å². The lowest BCUT2D eigenvalue weighted by molar-refractivity contribution is -0.664. The van der Waals surface area contributed by atoms with Crippen molar-refractivity contribution < 1.29 is 32.7 Å². The van der Waals surface area contributed by atoms with Crippen LogP contribution in [-0.4, -0.2) is 47.8 Å². The Morgan fingerprint density at radius 1 is 0.951 bits per heavy atom. The van der Waals surface area contributed by atoms with E-state index in [2.05, 4.69) is 9.97 Å². The molecule has 214 valence electrons. The van der Waals surface area contributed by atoms with Crippen molar-refractivity contribution in [1.29, 1.82) is 0 Å². The van der Waals surface area contributed by atoms with E-state index in [4.69, 9.17) is 15.0 Å². The number of aromatic amines is 1. The first-order valence-electron chi connectivity index (χ1n) is 12.5. The monoisotopic (exact) mass is 599 g/mol. The lowest BCUT2D eigenvalue weighted by Gasteiger charge is -2.17. The average Bonchev–Trinajstić information content (AvgIpc) is 3.59. The van der Waals surface area contributed by atoms with Gasteiger partial charge in [0, 0.05) is 12.4 Å². The highest BCUT2D eigenvalue weighted by molar-refractivity contribution is 7.72. The van der Waals surface area contributed by atoms with E-state index in [9.17, 15) is 23.7 Å². The Labute approximate surface area is 234 Å². The van der Waals surface area contributed by atoms with Gasteiger partial charge in [-0.3, -0.25) is 23.2 Å². The van der Waals surface area contributed by atoms with Gasteiger partial charge in [0.05, 0.1) is 13.2 Å². The van der Waals surface area contributed by atoms with Crippen LogP contribution in [0.25, 0.3) is 22.3 Å². The van der Waals surface area contributed by atoms with Crippen LogP contribution in [0.15, 0.2) is 90.2 Å². The molecule has 15 heteroatoms. The van der Waals surface area contributed by atoms with Crippen molar-refractivity contribution in [1.82, 2.24) is 18.9 Å². The molecule has 2 unspecified atom stereocenters. The first kappa shape index (κ1) is 28.7. The van der Waals surface area contributed by atoms with E-state index in [-0.39, 0.29) is 25.9 Å². The minimum absolute atomic E-state index is 0.0538. The minimum atomic E-state index is -4.38. The molecular formula is C26H29N6O7P2+. The third-order valence-corrected chi connectivity index (χ3v) is 10.7. The number of nitrogen functional groups attached to an aromatic ring is 1. The molecule has 0 radical (unpaired) electrons. The van der Waals surface area contributed by atoms with Crippen LogP contribution in [0.5, 0.6) is 0 Å². The SMILES string of the molecule is Nc1nc2c(c(=O)[nH]1)[n+](Cc1ccc(-c3ccccc3)cc1)cn2COCCOP(=O)(O)CP(=O)(O)n1cccc1. The highest BCUT2D eigenvalue weighted by Crippen LogP contribution is 2.58. The molecule has 2 atom stereocenters. The van der Waals surface area contributed by atoms with Crippen LogP contribution in [0, 0.1) is 0 Å². The van der Waals surface area contributed by atoms with Crippen LogP contribution in [-0.2, 0) is 31.7 Å². The summed E-state index contributed by atoms with van der Waals surface area (Å²) in [6.07, 6.45) is 4.35. The van der Waals surface area contributed by atoms with Crippen molar-refractivity contribution in [2.45, 2.75) is 13.3 Å². The van der Waals surface area contributed by atoms with Crippen molar-refractivity contribution in [2.24, 2.45) is 0 Å². The van der Waals surface area contributed by atoms with Crippen LogP contribution in [0.1, 0.15) is 5.56 Å². The maximum absolute atomic E-state index is 12.8. The molecule has 0 saturated carbocycles. The topological polar surface area (TPSA) is 179 Å². The average molecular weight is 600 g/mol. The van der Waals surface area contributed by atoms with Crippen LogP contribution >= 0.6 is 15.1 Å². The van der Waals surface area contributed by atoms with E-state index in [0.717, 1.165) is 21.0 Å². The zero-order valence-corrected chi connectivity index (χ0v) is 23.6. The van der Waals surface area contributed by atoms with Crippen LogP contribution in [0.3, 0.4) is 0 Å². The number of H-pyrrole nitrogens is 1. The molecule has 3 aromatic heterocycles. The Hall–Kier alpha value is -3.83. The molecule has 0 saturated heterocycles. The van der Waals surface area contributed by atoms with E-state index in [0.29, 0.717) is 17.7 Å². The molecule has 0 aliphatic carbocycles. The number of anilines is 1. The second-order valence-corrected chi connectivity index (χ2v) is 13.7. The molecular weight excluding hydrogens is 570 g/mol. The highest BCUT2D eigenvalue weighted by atomic mass is 31.2. The van der Waals surface area contributed by atoms with Gasteiger partial charge in [-0.25, -0.2) is 4.57 Å². The molecule has 41 heavy (non-hydrogen) atoms. The fourth-order valence-electron chi connectivity index (χ4n) is 4.34. The highest BCUT2D eigenvalue weighted by Gasteiger charge is 2.33. The maximum atomic E-state index is 12.8. The molecule has 0 spiro atoms. The molecule has 0 aliphatic heterocycles. The van der Waals surface area contributed by atoms with Gasteiger partial charge in [0.2, 0.25) is 12.3 Å². The number of rotatable bonds is 12. The zero-order chi connectivity index (χ0) is 29.0. The number of nitrogens with zero attached hydrogens (tertiary/aromatic N) is 4. The van der Waals surface area contributed by atoms with Gasteiger partial charge in [-0.2, -0.15) is 9.55 Å². The summed E-state index contributed by atoms with van der Waals surface area (Å²) in [6, 6.07) is 21.1. The summed E-state index contributed by atoms with van der Waals surface area (Å²) >= 11 is 0. The Kier molecular flexibility index (Phi) is 8.37. The Bertz CT molecular complexity index is 1790. The number of nitrogens with one attached hydrogen (secondary N) is 1. The van der Waals surface area contributed by atoms with E-state index in [1.165, 1.54) is 24.5 Å². The van der Waals surface area contributed by atoms with Crippen molar-refractivity contribution in [2.75, 3.05) is 24.9 Å². The van der Waals surface area contributed by atoms with Gasteiger partial charge in [0.1, 0.15) is 12.4 Å². The van der Waals surface area contributed by atoms with Crippen LogP contribution in [0.2, 0.25) is 0 Å². The first-order chi connectivity index (χ1) is 19.6. The standard InChI is InChI=1S/C26H28N6O7P2/c27-26-28-24-23(25(33)29-26)30(16-20-8-10-22(11-9-20)21-6-2-1-3-7-21)17-31(24)18-38-14-15-39-41(36,37)19-40(34,35)32-12-4-5-13-32/h1-13,17H,14-16,18-19H2,(H4-,27,28,29,33,34,35,36,37)/p+1. The molecule has 0 fully saturated rings. The molecule has 3 heterocycles. The van der Waals surface area contributed by atoms with Crippen molar-refractivity contribution in [3.63, 3.8) is 0 Å². The lowest BCUT2D eigenvalue weighted by atomic mass is 10.0. The van der Waals surface area contributed by atoms with Gasteiger partial charge in [0.25, 0.3) is 11.2 Å². The second-order valence-electron chi connectivity index (χ2n) is 9.28. The van der Waals surface area contributed by atoms with E-state index in [1.807, 2.05) is 54.6 Å². The van der Waals surface area contributed by atoms with Crippen molar-refractivity contribution >= 4 is 32.2 Å². The largest absolute Gasteiger partial charge is 0.369 e. The van der Waals surface area contributed by atoms with E-state index < -0.39 is 26.6 Å². The molecule has 13 nitrogen and oxygen atoms in total. The number of aromatic nitrogens is 5. The summed E-state index contributed by atoms with van der Waals surface area (Å²) in [4.78, 5) is 39.7. The number of fused-ring (bicyclic) bond motifs is 1. The molecule has 5 rings (SSSR count). The van der Waals surface area contributed by atoms with Gasteiger partial charge in [-0.1, -0.05) is 54.6 Å². The molecule has 0 amide bonds. The summed E-state index contributed by atoms with van der Waals surface area (Å²) in [5, 5.41) is 0. The predicted molar refractivity (Wildman–Crippen MR) is 152 cm³/mol. The minimum Gasteiger partial charge on any atom is -0.369 e. The van der Waals surface area contributed by atoms with Gasteiger partial charge in [-0.05, 0) is 28.8 Å². The molecule has 2 aromatic carbocycles. The van der Waals surface area contributed by atoms with Crippen LogP contribution in [0.4, 0.5) is 5.95 Å². The predicted octanol–water partition coefficient (Wildman–Crippen LogP) is 2.98. The normalized spacial score (nSPS) is 14.6. The van der Waals surface area contributed by atoms with Gasteiger partial charge < -0.3 is 24.8 Å². The fraction of sp³-hybridized carbons (Fsp3) is 0.192. The molecule has 0 bridgehead atoms. The summed E-state index contributed by atoms with van der Waals surface area (Å²) in [5.74, 6) is -0.989. The van der Waals surface area contributed by atoms with Gasteiger partial charge in [-0.15, -0.1) is 0 Å². The van der Waals surface area contributed by atoms with Crippen molar-refractivity contribution in [3.8, 4) is 11.1 Å². The Morgan fingerprint density at radius 3 is 2.34 bits per heavy atom. The summed E-state index contributed by atoms with van der Waals surface area (Å²) in [5.41, 5.74) is 9.11. The van der Waals surface area contributed by atoms with Gasteiger partial charge in [0.15, 0.2) is 6.73 Å². The zero-order valence-electron chi connectivity index (χ0n) is 21.8. The smallest absolute Gasteiger partial charge is 0.339 e. The van der Waals surface area contributed by atoms with Gasteiger partial charge >= 0.3 is 20.7 Å². The molecule has 5 N–H and O–H groups in total. The summed E-state index contributed by atoms with van der Waals surface area (Å²) in [6.45, 7) is -0.0916. The molecule has 5 aromatic rings. The lowest BCUT2D eigenvalue weighted by Crippen LogP contribution is -2.37. The number of nitrogens with two attached hydrogens (primary N) is 1. The third kappa shape index (κ3) is 6.91. The molecule has 0 aliphatic rings. The van der Waals surface area contributed by atoms with Crippen LogP contribution < -0.4 is 15.9 Å².